The molecule has 0 aliphatic rings. The van der Waals surface area contributed by atoms with Crippen molar-refractivity contribution in [1.82, 2.24) is 4.98 Å². The van der Waals surface area contributed by atoms with Crippen LogP contribution in [0.1, 0.15) is 15.9 Å². The maximum atomic E-state index is 13.3. The van der Waals surface area contributed by atoms with Gasteiger partial charge in [-0.25, -0.2) is 4.39 Å². The van der Waals surface area contributed by atoms with Gasteiger partial charge in [0.05, 0.1) is 9.90 Å². The van der Waals surface area contributed by atoms with Crippen molar-refractivity contribution in [2.45, 2.75) is 0 Å². The third kappa shape index (κ3) is 2.16. The highest BCUT2D eigenvalue weighted by Gasteiger charge is 2.19. The minimum absolute atomic E-state index is 0.273. The molecule has 19 heavy (non-hydrogen) atoms. The summed E-state index contributed by atoms with van der Waals surface area (Å²) >= 11 is 12.9. The predicted octanol–water partition coefficient (Wildman–Crippen LogP) is 4.91. The first-order chi connectivity index (χ1) is 9.06. The van der Waals surface area contributed by atoms with Crippen LogP contribution in [-0.2, 0) is 0 Å². The Labute approximate surface area is 121 Å². The summed E-state index contributed by atoms with van der Waals surface area (Å²) in [5.41, 5.74) is 1.41. The molecule has 2 nitrogen and oxygen atoms in total. The zero-order valence-corrected chi connectivity index (χ0v) is 11.7. The summed E-state index contributed by atoms with van der Waals surface area (Å²) in [5.74, 6) is -0.666. The van der Waals surface area contributed by atoms with E-state index in [4.69, 9.17) is 23.2 Å². The molecule has 3 aromatic rings. The van der Waals surface area contributed by atoms with Gasteiger partial charge in [-0.2, -0.15) is 0 Å². The number of carbonyl (C=O) groups is 1. The second-order valence-corrected chi connectivity index (χ2v) is 6.24. The lowest BCUT2D eigenvalue weighted by Gasteiger charge is -1.98. The van der Waals surface area contributed by atoms with Gasteiger partial charge in [0.2, 0.25) is 0 Å². The van der Waals surface area contributed by atoms with Crippen LogP contribution in [0.5, 0.6) is 0 Å². The van der Waals surface area contributed by atoms with E-state index in [2.05, 4.69) is 4.98 Å². The minimum Gasteiger partial charge on any atom is -0.360 e. The summed E-state index contributed by atoms with van der Waals surface area (Å²) in [6, 6.07) is 5.77. The van der Waals surface area contributed by atoms with E-state index in [1.54, 1.807) is 12.3 Å². The zero-order chi connectivity index (χ0) is 13.6. The Morgan fingerprint density at radius 3 is 2.68 bits per heavy atom. The van der Waals surface area contributed by atoms with Crippen molar-refractivity contribution in [2.24, 2.45) is 0 Å². The molecule has 0 aliphatic heterocycles. The van der Waals surface area contributed by atoms with Gasteiger partial charge in [0.1, 0.15) is 10.2 Å². The monoisotopic (exact) mass is 313 g/mol. The van der Waals surface area contributed by atoms with Crippen LogP contribution >= 0.6 is 34.5 Å². The Balaban J connectivity index is 2.16. The number of halogens is 3. The fourth-order valence-corrected chi connectivity index (χ4v) is 3.38. The fraction of sp³-hybridized carbons (Fsp3) is 0. The molecular formula is C13H6Cl2FNOS. The second-order valence-electron chi connectivity index (χ2n) is 3.96. The van der Waals surface area contributed by atoms with Crippen LogP contribution in [0.2, 0.25) is 8.67 Å². The van der Waals surface area contributed by atoms with E-state index in [1.165, 1.54) is 18.2 Å². The average molecular weight is 314 g/mol. The summed E-state index contributed by atoms with van der Waals surface area (Å²) in [4.78, 5) is 15.3. The highest BCUT2D eigenvalue weighted by molar-refractivity contribution is 7.20. The van der Waals surface area contributed by atoms with Crippen LogP contribution < -0.4 is 0 Å². The predicted molar refractivity (Wildman–Crippen MR) is 76.0 cm³/mol. The molecule has 0 saturated carbocycles. The molecule has 96 valence electrons. The quantitative estimate of drug-likeness (QED) is 0.670. The van der Waals surface area contributed by atoms with Crippen molar-refractivity contribution in [3.8, 4) is 0 Å². The highest BCUT2D eigenvalue weighted by Crippen LogP contribution is 2.33. The molecule has 0 radical (unpaired) electrons. The van der Waals surface area contributed by atoms with E-state index < -0.39 is 5.82 Å². The SMILES string of the molecule is O=C(c1cc(Cl)sc1Cl)c1c[nH]c2ccc(F)cc12. The Kier molecular flexibility index (Phi) is 3.09. The van der Waals surface area contributed by atoms with Gasteiger partial charge in [-0.15, -0.1) is 11.3 Å². The first-order valence-electron chi connectivity index (χ1n) is 5.32. The van der Waals surface area contributed by atoms with Gasteiger partial charge in [-0.05, 0) is 24.3 Å². The first kappa shape index (κ1) is 12.7. The smallest absolute Gasteiger partial charge is 0.197 e. The molecule has 1 N–H and O–H groups in total. The summed E-state index contributed by atoms with van der Waals surface area (Å²) in [6.07, 6.45) is 1.55. The lowest BCUT2D eigenvalue weighted by Crippen LogP contribution is -1.99. The van der Waals surface area contributed by atoms with Gasteiger partial charge in [-0.3, -0.25) is 4.79 Å². The number of fused-ring (bicyclic) bond motifs is 1. The third-order valence-corrected chi connectivity index (χ3v) is 4.28. The van der Waals surface area contributed by atoms with Gasteiger partial charge in [0, 0.05) is 22.7 Å². The van der Waals surface area contributed by atoms with Crippen LogP contribution in [0.15, 0.2) is 30.5 Å². The van der Waals surface area contributed by atoms with E-state index in [0.717, 1.165) is 11.3 Å². The van der Waals surface area contributed by atoms with Crippen molar-refractivity contribution < 1.29 is 9.18 Å². The molecule has 3 rings (SSSR count). The number of hydrogen-bond donors (Lipinski definition) is 1. The molecule has 0 atom stereocenters. The Hall–Kier alpha value is -1.36. The maximum Gasteiger partial charge on any atom is 0.197 e. The Morgan fingerprint density at radius 2 is 2.00 bits per heavy atom. The highest BCUT2D eigenvalue weighted by atomic mass is 35.5. The van der Waals surface area contributed by atoms with Gasteiger partial charge in [-0.1, -0.05) is 23.2 Å². The lowest BCUT2D eigenvalue weighted by atomic mass is 10.1. The zero-order valence-electron chi connectivity index (χ0n) is 9.34. The molecule has 0 unspecified atom stereocenters. The molecule has 0 saturated heterocycles. The number of rotatable bonds is 2. The second kappa shape index (κ2) is 4.63. The number of benzene rings is 1. The lowest BCUT2D eigenvalue weighted by molar-refractivity contribution is 0.104. The molecule has 2 aromatic heterocycles. The molecule has 0 aliphatic carbocycles. The van der Waals surface area contributed by atoms with E-state index in [-0.39, 0.29) is 5.78 Å². The van der Waals surface area contributed by atoms with Crippen molar-refractivity contribution in [3.05, 3.63) is 56.1 Å². The molecule has 0 amide bonds. The Bertz CT molecular complexity index is 793. The number of hydrogen-bond acceptors (Lipinski definition) is 2. The standard InChI is InChI=1S/C13H6Cl2FNOS/c14-11-4-8(13(15)19-11)12(18)9-5-17-10-2-1-6(16)3-7(9)10/h1-5,17H. The van der Waals surface area contributed by atoms with Gasteiger partial charge in [0.25, 0.3) is 0 Å². The van der Waals surface area contributed by atoms with E-state index in [0.29, 0.717) is 30.7 Å². The van der Waals surface area contributed by atoms with E-state index in [1.807, 2.05) is 0 Å². The number of H-pyrrole nitrogens is 1. The number of aromatic amines is 1. The van der Waals surface area contributed by atoms with Gasteiger partial charge in [0.15, 0.2) is 5.78 Å². The van der Waals surface area contributed by atoms with Crippen molar-refractivity contribution in [1.29, 1.82) is 0 Å². The molecule has 2 heterocycles. The number of aromatic nitrogens is 1. The first-order valence-corrected chi connectivity index (χ1v) is 6.89. The van der Waals surface area contributed by atoms with Crippen LogP contribution in [0, 0.1) is 5.82 Å². The Morgan fingerprint density at radius 1 is 1.21 bits per heavy atom. The maximum absolute atomic E-state index is 13.3. The summed E-state index contributed by atoms with van der Waals surface area (Å²) in [5, 5.41) is 0.531. The third-order valence-electron chi connectivity index (χ3n) is 2.79. The van der Waals surface area contributed by atoms with Crippen LogP contribution in [-0.4, -0.2) is 10.8 Å². The number of carbonyl (C=O) groups excluding carboxylic acids is 1. The molecule has 0 fully saturated rings. The molecule has 6 heteroatoms. The average Bonchev–Trinajstić information content (AvgIpc) is 2.91. The summed E-state index contributed by atoms with van der Waals surface area (Å²) in [7, 11) is 0. The van der Waals surface area contributed by atoms with Crippen molar-refractivity contribution >= 4 is 51.2 Å². The topological polar surface area (TPSA) is 32.9 Å². The largest absolute Gasteiger partial charge is 0.360 e. The van der Waals surface area contributed by atoms with E-state index >= 15 is 0 Å². The molecule has 0 bridgehead atoms. The summed E-state index contributed by atoms with van der Waals surface area (Å²) < 4.78 is 14.1. The van der Waals surface area contributed by atoms with Crippen molar-refractivity contribution in [3.63, 3.8) is 0 Å². The van der Waals surface area contributed by atoms with Crippen LogP contribution in [0.3, 0.4) is 0 Å². The van der Waals surface area contributed by atoms with Crippen LogP contribution in [0.4, 0.5) is 4.39 Å². The molecular weight excluding hydrogens is 308 g/mol. The number of thiophene rings is 1. The normalized spacial score (nSPS) is 11.1. The number of nitrogens with one attached hydrogen (secondary N) is 1. The van der Waals surface area contributed by atoms with Crippen LogP contribution in [0.25, 0.3) is 10.9 Å². The number of ketones is 1. The van der Waals surface area contributed by atoms with Crippen molar-refractivity contribution in [2.75, 3.05) is 0 Å². The van der Waals surface area contributed by atoms with Gasteiger partial charge >= 0.3 is 0 Å². The molecule has 0 spiro atoms. The van der Waals surface area contributed by atoms with Gasteiger partial charge < -0.3 is 4.98 Å². The minimum atomic E-state index is -0.393. The summed E-state index contributed by atoms with van der Waals surface area (Å²) in [6.45, 7) is 0. The molecule has 1 aromatic carbocycles. The fourth-order valence-electron chi connectivity index (χ4n) is 1.92. The van der Waals surface area contributed by atoms with E-state index in [9.17, 15) is 9.18 Å².